The quantitative estimate of drug-likeness (QED) is 0.755. The number of hydrogen-bond donors (Lipinski definition) is 3. The summed E-state index contributed by atoms with van der Waals surface area (Å²) < 4.78 is 27.0. The highest BCUT2D eigenvalue weighted by molar-refractivity contribution is 7.92. The zero-order chi connectivity index (χ0) is 14.2. The van der Waals surface area contributed by atoms with Gasteiger partial charge in [0.1, 0.15) is 4.90 Å². The third-order valence-electron chi connectivity index (χ3n) is 2.58. The number of nitrogen functional groups attached to an aromatic ring is 1. The molecule has 19 heavy (non-hydrogen) atoms. The van der Waals surface area contributed by atoms with E-state index in [4.69, 9.17) is 17.3 Å². The average molecular weight is 301 g/mol. The van der Waals surface area contributed by atoms with E-state index in [1.165, 1.54) is 12.1 Å². The van der Waals surface area contributed by atoms with E-state index in [0.717, 1.165) is 0 Å². The van der Waals surface area contributed by atoms with Gasteiger partial charge in [-0.1, -0.05) is 11.6 Å². The van der Waals surface area contributed by atoms with Crippen molar-refractivity contribution in [3.63, 3.8) is 0 Å². The van der Waals surface area contributed by atoms with Gasteiger partial charge in [0.05, 0.1) is 27.8 Å². The van der Waals surface area contributed by atoms with Gasteiger partial charge in [-0.3, -0.25) is 9.82 Å². The zero-order valence-electron chi connectivity index (χ0n) is 10.4. The number of H-pyrrole nitrogens is 1. The lowest BCUT2D eigenvalue weighted by atomic mass is 10.3. The molecule has 0 radical (unpaired) electrons. The highest BCUT2D eigenvalue weighted by Gasteiger charge is 2.22. The Morgan fingerprint density at radius 1 is 1.37 bits per heavy atom. The normalized spacial score (nSPS) is 11.5. The van der Waals surface area contributed by atoms with Crippen LogP contribution in [0.25, 0.3) is 0 Å². The van der Waals surface area contributed by atoms with Gasteiger partial charge in [-0.2, -0.15) is 5.10 Å². The zero-order valence-corrected chi connectivity index (χ0v) is 11.9. The van der Waals surface area contributed by atoms with E-state index in [1.54, 1.807) is 19.9 Å². The molecule has 0 saturated heterocycles. The van der Waals surface area contributed by atoms with Crippen LogP contribution in [0.15, 0.2) is 23.1 Å². The van der Waals surface area contributed by atoms with Crippen LogP contribution in [-0.2, 0) is 10.0 Å². The molecule has 102 valence electrons. The van der Waals surface area contributed by atoms with Crippen LogP contribution >= 0.6 is 11.6 Å². The molecule has 2 rings (SSSR count). The number of nitrogens with two attached hydrogens (primary N) is 1. The molecule has 1 aromatic carbocycles. The van der Waals surface area contributed by atoms with Gasteiger partial charge in [-0.05, 0) is 32.0 Å². The summed E-state index contributed by atoms with van der Waals surface area (Å²) in [7, 11) is -3.70. The number of aromatic nitrogens is 2. The molecule has 0 aliphatic rings. The number of hydrogen-bond acceptors (Lipinski definition) is 4. The van der Waals surface area contributed by atoms with Crippen LogP contribution in [0.2, 0.25) is 5.02 Å². The van der Waals surface area contributed by atoms with E-state index in [1.807, 2.05) is 0 Å². The molecule has 0 atom stereocenters. The fourth-order valence-electron chi connectivity index (χ4n) is 1.73. The lowest BCUT2D eigenvalue weighted by molar-refractivity contribution is 0.600. The van der Waals surface area contributed by atoms with E-state index in [0.29, 0.717) is 27.8 Å². The number of benzene rings is 1. The third kappa shape index (κ3) is 2.66. The number of anilines is 2. The Kier molecular flexibility index (Phi) is 3.42. The van der Waals surface area contributed by atoms with Crippen LogP contribution < -0.4 is 10.5 Å². The van der Waals surface area contributed by atoms with Gasteiger partial charge in [0.25, 0.3) is 10.0 Å². The minimum Gasteiger partial charge on any atom is -0.398 e. The number of rotatable bonds is 3. The van der Waals surface area contributed by atoms with Gasteiger partial charge in [-0.25, -0.2) is 8.42 Å². The summed E-state index contributed by atoms with van der Waals surface area (Å²) in [5, 5.41) is 6.79. The molecule has 6 nitrogen and oxygen atoms in total. The minimum atomic E-state index is -3.70. The highest BCUT2D eigenvalue weighted by Crippen LogP contribution is 2.25. The molecule has 0 aliphatic carbocycles. The van der Waals surface area contributed by atoms with Crippen molar-refractivity contribution in [2.24, 2.45) is 0 Å². The molecular formula is C11H13ClN4O2S. The number of sulfonamides is 1. The van der Waals surface area contributed by atoms with E-state index in [9.17, 15) is 8.42 Å². The van der Waals surface area contributed by atoms with Gasteiger partial charge in [-0.15, -0.1) is 0 Å². The van der Waals surface area contributed by atoms with Crippen molar-refractivity contribution in [2.75, 3.05) is 10.5 Å². The van der Waals surface area contributed by atoms with Crippen molar-refractivity contribution in [3.05, 3.63) is 34.6 Å². The molecule has 0 spiro atoms. The van der Waals surface area contributed by atoms with Crippen molar-refractivity contribution in [3.8, 4) is 0 Å². The molecule has 2 aromatic rings. The second kappa shape index (κ2) is 4.75. The number of aryl methyl sites for hydroxylation is 2. The lowest BCUT2D eigenvalue weighted by Gasteiger charge is -2.09. The van der Waals surface area contributed by atoms with Gasteiger partial charge in [0.15, 0.2) is 0 Å². The Morgan fingerprint density at radius 3 is 2.58 bits per heavy atom. The van der Waals surface area contributed by atoms with Gasteiger partial charge in [0, 0.05) is 0 Å². The van der Waals surface area contributed by atoms with E-state index in [2.05, 4.69) is 14.9 Å². The first-order valence-corrected chi connectivity index (χ1v) is 7.27. The Bertz CT molecular complexity index is 705. The predicted molar refractivity (Wildman–Crippen MR) is 74.7 cm³/mol. The van der Waals surface area contributed by atoms with E-state index >= 15 is 0 Å². The molecule has 0 aliphatic heterocycles. The fourth-order valence-corrected chi connectivity index (χ4v) is 3.34. The SMILES string of the molecule is Cc1n[nH]c(C)c1S(=O)(=O)Nc1ccc(N)c(Cl)c1. The second-order valence-electron chi connectivity index (χ2n) is 4.10. The molecule has 0 fully saturated rings. The maximum atomic E-state index is 12.3. The third-order valence-corrected chi connectivity index (χ3v) is 4.55. The molecular weight excluding hydrogens is 288 g/mol. The Morgan fingerprint density at radius 2 is 2.05 bits per heavy atom. The van der Waals surface area contributed by atoms with Crippen molar-refractivity contribution in [1.82, 2.24) is 10.2 Å². The topological polar surface area (TPSA) is 101 Å². The Balaban J connectivity index is 2.39. The number of nitrogens with one attached hydrogen (secondary N) is 2. The van der Waals surface area contributed by atoms with Crippen molar-refractivity contribution >= 4 is 33.0 Å². The summed E-state index contributed by atoms with van der Waals surface area (Å²) in [4.78, 5) is 0.139. The smallest absolute Gasteiger partial charge is 0.265 e. The standard InChI is InChI=1S/C11H13ClN4O2S/c1-6-11(7(2)15-14-6)19(17,18)16-8-3-4-10(13)9(12)5-8/h3-5,16H,13H2,1-2H3,(H,14,15). The Hall–Kier alpha value is -1.73. The number of aromatic amines is 1. The lowest BCUT2D eigenvalue weighted by Crippen LogP contribution is -2.14. The first kappa shape index (κ1) is 13.7. The van der Waals surface area contributed by atoms with Crippen LogP contribution in [0.3, 0.4) is 0 Å². The van der Waals surface area contributed by atoms with Gasteiger partial charge in [0.2, 0.25) is 0 Å². The number of halogens is 1. The van der Waals surface area contributed by atoms with Gasteiger partial charge >= 0.3 is 0 Å². The molecule has 0 bridgehead atoms. The molecule has 4 N–H and O–H groups in total. The van der Waals surface area contributed by atoms with Crippen molar-refractivity contribution in [2.45, 2.75) is 18.7 Å². The highest BCUT2D eigenvalue weighted by atomic mass is 35.5. The fraction of sp³-hybridized carbons (Fsp3) is 0.182. The van der Waals surface area contributed by atoms with Crippen molar-refractivity contribution in [1.29, 1.82) is 0 Å². The van der Waals surface area contributed by atoms with Crippen LogP contribution in [0.1, 0.15) is 11.4 Å². The second-order valence-corrected chi connectivity index (χ2v) is 6.13. The summed E-state index contributed by atoms with van der Waals surface area (Å²) in [5.74, 6) is 0. The molecule has 1 heterocycles. The molecule has 0 amide bonds. The summed E-state index contributed by atoms with van der Waals surface area (Å²) >= 11 is 5.85. The van der Waals surface area contributed by atoms with Crippen LogP contribution in [-0.4, -0.2) is 18.6 Å². The van der Waals surface area contributed by atoms with Gasteiger partial charge < -0.3 is 5.73 Å². The molecule has 0 saturated carbocycles. The summed E-state index contributed by atoms with van der Waals surface area (Å²) in [6.07, 6.45) is 0. The number of nitrogens with zero attached hydrogens (tertiary/aromatic N) is 1. The van der Waals surface area contributed by atoms with E-state index in [-0.39, 0.29) is 4.90 Å². The molecule has 8 heteroatoms. The predicted octanol–water partition coefficient (Wildman–Crippen LogP) is 2.06. The van der Waals surface area contributed by atoms with Crippen LogP contribution in [0.4, 0.5) is 11.4 Å². The first-order valence-electron chi connectivity index (χ1n) is 5.40. The monoisotopic (exact) mass is 300 g/mol. The van der Waals surface area contributed by atoms with Crippen molar-refractivity contribution < 1.29 is 8.42 Å². The molecule has 0 unspecified atom stereocenters. The Labute approximate surface area is 116 Å². The maximum absolute atomic E-state index is 12.3. The van der Waals surface area contributed by atoms with Crippen LogP contribution in [0, 0.1) is 13.8 Å². The maximum Gasteiger partial charge on any atom is 0.265 e. The summed E-state index contributed by atoms with van der Waals surface area (Å²) in [5.41, 5.74) is 7.19. The summed E-state index contributed by atoms with van der Waals surface area (Å²) in [6.45, 7) is 3.26. The minimum absolute atomic E-state index is 0.139. The summed E-state index contributed by atoms with van der Waals surface area (Å²) in [6, 6.07) is 4.54. The first-order chi connectivity index (χ1) is 8.81. The van der Waals surface area contributed by atoms with Crippen LogP contribution in [0.5, 0.6) is 0 Å². The average Bonchev–Trinajstić information content (AvgIpc) is 2.64. The molecule has 1 aromatic heterocycles. The largest absolute Gasteiger partial charge is 0.398 e. The van der Waals surface area contributed by atoms with E-state index < -0.39 is 10.0 Å².